The Morgan fingerprint density at radius 2 is 1.91 bits per heavy atom. The summed E-state index contributed by atoms with van der Waals surface area (Å²) in [5, 5.41) is 4.38. The lowest BCUT2D eigenvalue weighted by Gasteiger charge is -2.24. The lowest BCUT2D eigenvalue weighted by Crippen LogP contribution is -2.26. The number of anilines is 1. The molecule has 0 spiro atoms. The molecule has 0 saturated heterocycles. The second-order valence-electron chi connectivity index (χ2n) is 8.75. The van der Waals surface area contributed by atoms with Crippen LogP contribution in [0, 0.1) is 0 Å². The monoisotopic (exact) mass is 463 g/mol. The number of fused-ring (bicyclic) bond motifs is 1. The SMILES string of the molecule is CCOC1Cc2ccccc2C1Nc1nc(CC)c(-c2ccc(OC)cc2Cl)nc1C1CC1. The van der Waals surface area contributed by atoms with Crippen molar-refractivity contribution in [3.8, 4) is 17.0 Å². The van der Waals surface area contributed by atoms with Crippen LogP contribution in [0.25, 0.3) is 11.3 Å². The molecule has 0 amide bonds. The first-order valence-corrected chi connectivity index (χ1v) is 12.2. The standard InChI is InChI=1S/C27H30ClN3O2/c1-4-22-25(20-13-12-18(32-3)15-21(20)28)30-24(16-10-11-16)27(29-22)31-26-19-9-7-6-8-17(19)14-23(26)33-5-2/h6-9,12-13,15-16,23,26H,4-5,10-11,14H2,1-3H3,(H,29,31). The molecule has 172 valence electrons. The second-order valence-corrected chi connectivity index (χ2v) is 9.15. The maximum atomic E-state index is 6.63. The zero-order valence-corrected chi connectivity index (χ0v) is 20.2. The Balaban J connectivity index is 1.56. The van der Waals surface area contributed by atoms with Crippen LogP contribution >= 0.6 is 11.6 Å². The number of hydrogen-bond acceptors (Lipinski definition) is 5. The van der Waals surface area contributed by atoms with E-state index < -0.39 is 0 Å². The van der Waals surface area contributed by atoms with Crippen molar-refractivity contribution in [1.82, 2.24) is 9.97 Å². The molecular formula is C27H30ClN3O2. The maximum absolute atomic E-state index is 6.63. The minimum atomic E-state index is 0.0630. The number of hydrogen-bond donors (Lipinski definition) is 1. The van der Waals surface area contributed by atoms with Crippen molar-refractivity contribution in [2.45, 2.75) is 57.6 Å². The van der Waals surface area contributed by atoms with E-state index in [0.717, 1.165) is 59.9 Å². The Hall–Kier alpha value is -2.63. The predicted molar refractivity (Wildman–Crippen MR) is 132 cm³/mol. The molecule has 2 aromatic carbocycles. The molecule has 2 atom stereocenters. The number of aromatic nitrogens is 2. The van der Waals surface area contributed by atoms with Crippen LogP contribution in [-0.2, 0) is 17.6 Å². The van der Waals surface area contributed by atoms with E-state index in [4.69, 9.17) is 31.0 Å². The first-order valence-electron chi connectivity index (χ1n) is 11.8. The van der Waals surface area contributed by atoms with Crippen molar-refractivity contribution in [2.75, 3.05) is 19.0 Å². The summed E-state index contributed by atoms with van der Waals surface area (Å²) in [4.78, 5) is 10.3. The van der Waals surface area contributed by atoms with Gasteiger partial charge in [0.05, 0.1) is 41.4 Å². The highest BCUT2D eigenvalue weighted by Crippen LogP contribution is 2.45. The summed E-state index contributed by atoms with van der Waals surface area (Å²) in [6, 6.07) is 14.4. The van der Waals surface area contributed by atoms with Gasteiger partial charge in [-0.1, -0.05) is 42.8 Å². The van der Waals surface area contributed by atoms with Crippen LogP contribution in [0.4, 0.5) is 5.82 Å². The third kappa shape index (κ3) is 4.32. The number of rotatable bonds is 8. The summed E-state index contributed by atoms with van der Waals surface area (Å²) in [5.41, 5.74) is 6.37. The lowest BCUT2D eigenvalue weighted by atomic mass is 10.1. The quantitative estimate of drug-likeness (QED) is 0.421. The normalized spacial score (nSPS) is 19.4. The molecule has 5 nitrogen and oxygen atoms in total. The largest absolute Gasteiger partial charge is 0.497 e. The molecular weight excluding hydrogens is 434 g/mol. The summed E-state index contributed by atoms with van der Waals surface area (Å²) in [5.74, 6) is 2.05. The van der Waals surface area contributed by atoms with Gasteiger partial charge in [0, 0.05) is 24.5 Å². The third-order valence-electron chi connectivity index (χ3n) is 6.58. The molecule has 0 bridgehead atoms. The zero-order chi connectivity index (χ0) is 22.9. The molecule has 0 radical (unpaired) electrons. The van der Waals surface area contributed by atoms with Gasteiger partial charge < -0.3 is 14.8 Å². The minimum Gasteiger partial charge on any atom is -0.497 e. The molecule has 1 heterocycles. The number of nitrogens with zero attached hydrogens (tertiary/aromatic N) is 2. The summed E-state index contributed by atoms with van der Waals surface area (Å²) in [7, 11) is 1.64. The van der Waals surface area contributed by atoms with Gasteiger partial charge in [0.1, 0.15) is 11.6 Å². The highest BCUT2D eigenvalue weighted by molar-refractivity contribution is 6.33. The van der Waals surface area contributed by atoms with Gasteiger partial charge in [-0.25, -0.2) is 9.97 Å². The van der Waals surface area contributed by atoms with E-state index >= 15 is 0 Å². The molecule has 2 unspecified atom stereocenters. The van der Waals surface area contributed by atoms with E-state index in [2.05, 4.69) is 43.4 Å². The van der Waals surface area contributed by atoms with Gasteiger partial charge in [0.25, 0.3) is 0 Å². The fraction of sp³-hybridized carbons (Fsp3) is 0.407. The number of aryl methyl sites for hydroxylation is 1. The fourth-order valence-corrected chi connectivity index (χ4v) is 5.01. The third-order valence-corrected chi connectivity index (χ3v) is 6.89. The molecule has 1 N–H and O–H groups in total. The van der Waals surface area contributed by atoms with Crippen molar-refractivity contribution in [1.29, 1.82) is 0 Å². The Kier molecular flexibility index (Phi) is 6.26. The fourth-order valence-electron chi connectivity index (χ4n) is 4.75. The van der Waals surface area contributed by atoms with E-state index in [9.17, 15) is 0 Å². The topological polar surface area (TPSA) is 56.3 Å². The Labute approximate surface area is 200 Å². The molecule has 5 rings (SSSR count). The smallest absolute Gasteiger partial charge is 0.148 e. The van der Waals surface area contributed by atoms with E-state index in [1.54, 1.807) is 7.11 Å². The number of benzene rings is 2. The summed E-state index contributed by atoms with van der Waals surface area (Å²) >= 11 is 6.63. The Morgan fingerprint density at radius 3 is 2.61 bits per heavy atom. The molecule has 2 aliphatic carbocycles. The van der Waals surface area contributed by atoms with Crippen LogP contribution in [0.5, 0.6) is 5.75 Å². The van der Waals surface area contributed by atoms with Crippen molar-refractivity contribution >= 4 is 17.4 Å². The van der Waals surface area contributed by atoms with Gasteiger partial charge in [-0.15, -0.1) is 0 Å². The minimum absolute atomic E-state index is 0.0630. The maximum Gasteiger partial charge on any atom is 0.148 e. The van der Waals surface area contributed by atoms with Gasteiger partial charge in [-0.05, 0) is 55.5 Å². The van der Waals surface area contributed by atoms with Crippen molar-refractivity contribution in [2.24, 2.45) is 0 Å². The summed E-state index contributed by atoms with van der Waals surface area (Å²) in [6.45, 7) is 4.85. The van der Waals surface area contributed by atoms with E-state index in [1.807, 2.05) is 18.2 Å². The van der Waals surface area contributed by atoms with Crippen LogP contribution in [-0.4, -0.2) is 29.8 Å². The highest BCUT2D eigenvalue weighted by Gasteiger charge is 2.36. The van der Waals surface area contributed by atoms with Crippen molar-refractivity contribution < 1.29 is 9.47 Å². The Bertz CT molecular complexity index is 1160. The van der Waals surface area contributed by atoms with Gasteiger partial charge >= 0.3 is 0 Å². The number of methoxy groups -OCH3 is 1. The molecule has 0 aliphatic heterocycles. The molecule has 1 saturated carbocycles. The van der Waals surface area contributed by atoms with Gasteiger partial charge in [-0.2, -0.15) is 0 Å². The van der Waals surface area contributed by atoms with Gasteiger partial charge in [0.15, 0.2) is 0 Å². The first kappa shape index (κ1) is 22.2. The molecule has 2 aliphatic rings. The first-order chi connectivity index (χ1) is 16.1. The van der Waals surface area contributed by atoms with Crippen molar-refractivity contribution in [3.05, 3.63) is 70.0 Å². The number of nitrogens with one attached hydrogen (secondary N) is 1. The predicted octanol–water partition coefficient (Wildman–Crippen LogP) is 6.36. The van der Waals surface area contributed by atoms with E-state index in [-0.39, 0.29) is 12.1 Å². The van der Waals surface area contributed by atoms with Gasteiger partial charge in [-0.3, -0.25) is 0 Å². The molecule has 1 aromatic heterocycles. The molecule has 3 aromatic rings. The van der Waals surface area contributed by atoms with Crippen LogP contribution in [0.3, 0.4) is 0 Å². The highest BCUT2D eigenvalue weighted by atomic mass is 35.5. The molecule has 33 heavy (non-hydrogen) atoms. The Morgan fingerprint density at radius 1 is 1.09 bits per heavy atom. The lowest BCUT2D eigenvalue weighted by molar-refractivity contribution is 0.0573. The number of halogens is 1. The van der Waals surface area contributed by atoms with Crippen LogP contribution < -0.4 is 10.1 Å². The molecule has 6 heteroatoms. The molecule has 1 fully saturated rings. The zero-order valence-electron chi connectivity index (χ0n) is 19.4. The summed E-state index contributed by atoms with van der Waals surface area (Å²) < 4.78 is 11.5. The van der Waals surface area contributed by atoms with Gasteiger partial charge in [0.2, 0.25) is 0 Å². The summed E-state index contributed by atoms with van der Waals surface area (Å²) in [6.07, 6.45) is 4.04. The van der Waals surface area contributed by atoms with Crippen LogP contribution in [0.2, 0.25) is 5.02 Å². The van der Waals surface area contributed by atoms with Crippen LogP contribution in [0.1, 0.15) is 61.2 Å². The number of ether oxygens (including phenoxy) is 2. The van der Waals surface area contributed by atoms with Crippen molar-refractivity contribution in [3.63, 3.8) is 0 Å². The van der Waals surface area contributed by atoms with Crippen LogP contribution in [0.15, 0.2) is 42.5 Å². The van der Waals surface area contributed by atoms with E-state index in [0.29, 0.717) is 17.5 Å². The average molecular weight is 464 g/mol. The second kappa shape index (κ2) is 9.32. The average Bonchev–Trinajstić information content (AvgIpc) is 3.62. The van der Waals surface area contributed by atoms with E-state index in [1.165, 1.54) is 11.1 Å².